The van der Waals surface area contributed by atoms with Crippen LogP contribution in [-0.2, 0) is 16.1 Å². The summed E-state index contributed by atoms with van der Waals surface area (Å²) in [6, 6.07) is 11.9. The molecule has 0 bridgehead atoms. The van der Waals surface area contributed by atoms with Crippen LogP contribution in [0.25, 0.3) is 0 Å². The van der Waals surface area contributed by atoms with Crippen LogP contribution in [-0.4, -0.2) is 30.4 Å². The quantitative estimate of drug-likeness (QED) is 0.743. The molecule has 2 rings (SSSR count). The molecule has 0 aromatic heterocycles. The van der Waals surface area contributed by atoms with E-state index in [0.717, 1.165) is 0 Å². The van der Waals surface area contributed by atoms with Gasteiger partial charge in [-0.05, 0) is 48.4 Å². The molecule has 0 atom stereocenters. The maximum atomic E-state index is 13.4. The van der Waals surface area contributed by atoms with Crippen LogP contribution in [0.2, 0.25) is 0 Å². The van der Waals surface area contributed by atoms with E-state index in [-0.39, 0.29) is 35.7 Å². The predicted molar refractivity (Wildman–Crippen MR) is 102 cm³/mol. The topological polar surface area (TPSA) is 67.4 Å². The van der Waals surface area contributed by atoms with Gasteiger partial charge in [0.05, 0.1) is 18.6 Å². The molecule has 2 aromatic carbocycles. The van der Waals surface area contributed by atoms with Crippen molar-refractivity contribution in [1.29, 1.82) is 0 Å². The van der Waals surface area contributed by atoms with Crippen LogP contribution in [0.5, 0.6) is 5.75 Å². The van der Waals surface area contributed by atoms with Crippen molar-refractivity contribution >= 4 is 29.3 Å². The molecule has 0 saturated carbocycles. The summed E-state index contributed by atoms with van der Waals surface area (Å²) >= 11 is 1.21. The van der Waals surface area contributed by atoms with Gasteiger partial charge in [-0.2, -0.15) is 0 Å². The maximum Gasteiger partial charge on any atom is 0.234 e. The van der Waals surface area contributed by atoms with E-state index >= 15 is 0 Å². The van der Waals surface area contributed by atoms with Crippen molar-refractivity contribution in [3.63, 3.8) is 0 Å². The molecule has 2 N–H and O–H groups in total. The molecular formula is C19H21FN2O3S. The molecule has 26 heavy (non-hydrogen) atoms. The van der Waals surface area contributed by atoms with Crippen molar-refractivity contribution in [2.24, 2.45) is 0 Å². The number of hydrogen-bond donors (Lipinski definition) is 2. The smallest absolute Gasteiger partial charge is 0.234 e. The molecular weight excluding hydrogens is 355 g/mol. The van der Waals surface area contributed by atoms with Gasteiger partial charge in [0.25, 0.3) is 0 Å². The molecule has 0 radical (unpaired) electrons. The number of thioether (sulfide) groups is 1. The number of benzene rings is 2. The summed E-state index contributed by atoms with van der Waals surface area (Å²) in [7, 11) is 1.57. The largest absolute Gasteiger partial charge is 0.497 e. The number of amides is 2. The van der Waals surface area contributed by atoms with E-state index in [1.807, 2.05) is 0 Å². The number of halogens is 1. The van der Waals surface area contributed by atoms with Crippen molar-refractivity contribution in [2.75, 3.05) is 23.9 Å². The minimum Gasteiger partial charge on any atom is -0.497 e. The molecule has 0 heterocycles. The van der Waals surface area contributed by atoms with Crippen molar-refractivity contribution in [1.82, 2.24) is 5.32 Å². The lowest BCUT2D eigenvalue weighted by Crippen LogP contribution is -2.25. The van der Waals surface area contributed by atoms with E-state index in [1.54, 1.807) is 50.4 Å². The fourth-order valence-corrected chi connectivity index (χ4v) is 2.75. The highest BCUT2D eigenvalue weighted by molar-refractivity contribution is 8.00. The highest BCUT2D eigenvalue weighted by Crippen LogP contribution is 2.15. The molecule has 5 nitrogen and oxygen atoms in total. The van der Waals surface area contributed by atoms with E-state index in [2.05, 4.69) is 10.6 Å². The second-order valence-corrected chi connectivity index (χ2v) is 6.62. The maximum absolute atomic E-state index is 13.4. The summed E-state index contributed by atoms with van der Waals surface area (Å²) in [5, 5.41) is 5.46. The van der Waals surface area contributed by atoms with Gasteiger partial charge in [-0.1, -0.05) is 12.1 Å². The molecule has 138 valence electrons. The first kappa shape index (κ1) is 19.8. The fourth-order valence-electron chi connectivity index (χ4n) is 2.11. The lowest BCUT2D eigenvalue weighted by atomic mass is 10.1. The zero-order chi connectivity index (χ0) is 18.9. The number of carbonyl (C=O) groups excluding carboxylic acids is 2. The summed E-state index contributed by atoms with van der Waals surface area (Å²) in [6.07, 6.45) is 0. The number of aryl methyl sites for hydroxylation is 1. The van der Waals surface area contributed by atoms with Crippen molar-refractivity contribution < 1.29 is 18.7 Å². The third-order valence-electron chi connectivity index (χ3n) is 3.57. The Morgan fingerprint density at radius 3 is 2.42 bits per heavy atom. The normalized spacial score (nSPS) is 10.3. The minimum atomic E-state index is -0.290. The zero-order valence-corrected chi connectivity index (χ0v) is 15.5. The highest BCUT2D eigenvalue weighted by atomic mass is 32.2. The fraction of sp³-hybridized carbons (Fsp3) is 0.263. The second-order valence-electron chi connectivity index (χ2n) is 5.63. The molecule has 7 heteroatoms. The first-order chi connectivity index (χ1) is 12.5. The molecule has 0 saturated heterocycles. The van der Waals surface area contributed by atoms with Crippen molar-refractivity contribution in [2.45, 2.75) is 13.5 Å². The second kappa shape index (κ2) is 9.82. The van der Waals surface area contributed by atoms with Crippen LogP contribution in [0.15, 0.2) is 42.5 Å². The van der Waals surface area contributed by atoms with Crippen LogP contribution in [0.3, 0.4) is 0 Å². The van der Waals surface area contributed by atoms with Gasteiger partial charge < -0.3 is 15.4 Å². The summed E-state index contributed by atoms with van der Waals surface area (Å²) < 4.78 is 18.5. The van der Waals surface area contributed by atoms with Crippen LogP contribution in [0, 0.1) is 12.7 Å². The first-order valence-electron chi connectivity index (χ1n) is 8.01. The summed E-state index contributed by atoms with van der Waals surface area (Å²) in [5.41, 5.74) is 1.93. The summed E-state index contributed by atoms with van der Waals surface area (Å²) in [6.45, 7) is 1.94. The lowest BCUT2D eigenvalue weighted by molar-refractivity contribution is -0.118. The van der Waals surface area contributed by atoms with Gasteiger partial charge in [0.15, 0.2) is 0 Å². The van der Waals surface area contributed by atoms with Crippen LogP contribution < -0.4 is 15.4 Å². The Balaban J connectivity index is 1.66. The number of ether oxygens (including phenoxy) is 1. The Morgan fingerprint density at radius 1 is 1.08 bits per heavy atom. The Bertz CT molecular complexity index is 766. The van der Waals surface area contributed by atoms with Crippen LogP contribution >= 0.6 is 11.8 Å². The zero-order valence-electron chi connectivity index (χ0n) is 14.7. The van der Waals surface area contributed by atoms with Gasteiger partial charge in [-0.3, -0.25) is 9.59 Å². The third-order valence-corrected chi connectivity index (χ3v) is 4.50. The molecule has 0 aliphatic rings. The number of methoxy groups -OCH3 is 1. The number of anilines is 1. The molecule has 0 aliphatic heterocycles. The Labute approximate surface area is 156 Å². The average molecular weight is 376 g/mol. The Kier molecular flexibility index (Phi) is 7.47. The third kappa shape index (κ3) is 6.40. The Hall–Kier alpha value is -2.54. The van der Waals surface area contributed by atoms with Crippen LogP contribution in [0.1, 0.15) is 11.1 Å². The van der Waals surface area contributed by atoms with Gasteiger partial charge in [0.2, 0.25) is 11.8 Å². The average Bonchev–Trinajstić information content (AvgIpc) is 2.63. The highest BCUT2D eigenvalue weighted by Gasteiger charge is 2.07. The number of nitrogens with one attached hydrogen (secondary N) is 2. The SMILES string of the molecule is COc1ccc(NC(=O)CSCC(=O)NCc2ccc(C)c(F)c2)cc1. The van der Waals surface area contributed by atoms with Crippen molar-refractivity contribution in [3.8, 4) is 5.75 Å². The van der Waals surface area contributed by atoms with E-state index in [9.17, 15) is 14.0 Å². The van der Waals surface area contributed by atoms with Gasteiger partial charge in [0.1, 0.15) is 11.6 Å². The summed E-state index contributed by atoms with van der Waals surface area (Å²) in [4.78, 5) is 23.7. The van der Waals surface area contributed by atoms with Gasteiger partial charge in [0, 0.05) is 12.2 Å². The number of carbonyl (C=O) groups is 2. The predicted octanol–water partition coefficient (Wildman–Crippen LogP) is 3.13. The molecule has 0 spiro atoms. The molecule has 0 aliphatic carbocycles. The van der Waals surface area contributed by atoms with Gasteiger partial charge in [-0.15, -0.1) is 11.8 Å². The number of hydrogen-bond acceptors (Lipinski definition) is 4. The summed E-state index contributed by atoms with van der Waals surface area (Å²) in [5.74, 6) is 0.355. The minimum absolute atomic E-state index is 0.157. The monoisotopic (exact) mass is 376 g/mol. The standard InChI is InChI=1S/C19H21FN2O3S/c1-13-3-4-14(9-17(13)20)10-21-18(23)11-26-12-19(24)22-15-5-7-16(25-2)8-6-15/h3-9H,10-12H2,1-2H3,(H,21,23)(H,22,24). The molecule has 0 fully saturated rings. The van der Waals surface area contributed by atoms with E-state index in [1.165, 1.54) is 17.8 Å². The number of rotatable bonds is 8. The molecule has 0 unspecified atom stereocenters. The van der Waals surface area contributed by atoms with Crippen molar-refractivity contribution in [3.05, 3.63) is 59.4 Å². The molecule has 2 amide bonds. The van der Waals surface area contributed by atoms with Crippen LogP contribution in [0.4, 0.5) is 10.1 Å². The lowest BCUT2D eigenvalue weighted by Gasteiger charge is -2.07. The molecule has 2 aromatic rings. The van der Waals surface area contributed by atoms with E-state index < -0.39 is 0 Å². The van der Waals surface area contributed by atoms with E-state index in [4.69, 9.17) is 4.74 Å². The van der Waals surface area contributed by atoms with Gasteiger partial charge >= 0.3 is 0 Å². The van der Waals surface area contributed by atoms with E-state index in [0.29, 0.717) is 22.6 Å². The van der Waals surface area contributed by atoms with Gasteiger partial charge in [-0.25, -0.2) is 4.39 Å². The Morgan fingerprint density at radius 2 is 1.77 bits per heavy atom. The first-order valence-corrected chi connectivity index (χ1v) is 9.17.